The lowest BCUT2D eigenvalue weighted by Crippen LogP contribution is -2.37. The highest BCUT2D eigenvalue weighted by atomic mass is 35.5. The molecule has 0 saturated carbocycles. The average Bonchev–Trinajstić information content (AvgIpc) is 2.52. The second-order valence-corrected chi connectivity index (χ2v) is 6.49. The minimum Gasteiger partial charge on any atom is -0.356 e. The number of hydrogen-bond acceptors (Lipinski definition) is 2. The normalized spacial score (nSPS) is 11.8. The predicted molar refractivity (Wildman–Crippen MR) is 101 cm³/mol. The maximum absolute atomic E-state index is 5.99. The minimum atomic E-state index is 0.727. The van der Waals surface area contributed by atoms with E-state index in [1.54, 1.807) is 7.05 Å². The zero-order chi connectivity index (χ0) is 16.9. The van der Waals surface area contributed by atoms with Gasteiger partial charge in [0.2, 0.25) is 0 Å². The van der Waals surface area contributed by atoms with Crippen LogP contribution in [-0.2, 0) is 6.54 Å². The average molecular weight is 339 g/mol. The molecule has 0 amide bonds. The predicted octanol–water partition coefficient (Wildman–Crippen LogP) is 3.52. The van der Waals surface area contributed by atoms with Gasteiger partial charge in [0.15, 0.2) is 5.96 Å². The third-order valence-electron chi connectivity index (χ3n) is 3.65. The van der Waals surface area contributed by atoms with Crippen molar-refractivity contribution in [2.45, 2.75) is 38.6 Å². The second-order valence-electron chi connectivity index (χ2n) is 6.05. The zero-order valence-corrected chi connectivity index (χ0v) is 15.5. The van der Waals surface area contributed by atoms with Crippen LogP contribution in [0.15, 0.2) is 29.3 Å². The summed E-state index contributed by atoms with van der Waals surface area (Å²) in [4.78, 5) is 6.50. The zero-order valence-electron chi connectivity index (χ0n) is 14.7. The van der Waals surface area contributed by atoms with Gasteiger partial charge in [-0.25, -0.2) is 0 Å². The Morgan fingerprint density at radius 3 is 2.52 bits per heavy atom. The van der Waals surface area contributed by atoms with E-state index in [-0.39, 0.29) is 0 Å². The first kappa shape index (κ1) is 19.8. The van der Waals surface area contributed by atoms with Crippen LogP contribution in [0.5, 0.6) is 0 Å². The number of aliphatic imine (C=N–C) groups is 1. The van der Waals surface area contributed by atoms with E-state index >= 15 is 0 Å². The van der Waals surface area contributed by atoms with Gasteiger partial charge >= 0.3 is 0 Å². The van der Waals surface area contributed by atoms with E-state index in [1.165, 1.54) is 38.6 Å². The van der Waals surface area contributed by atoms with Crippen LogP contribution < -0.4 is 10.6 Å². The first-order valence-corrected chi connectivity index (χ1v) is 8.83. The summed E-state index contributed by atoms with van der Waals surface area (Å²) >= 11 is 5.99. The molecule has 5 heteroatoms. The highest BCUT2D eigenvalue weighted by Crippen LogP contribution is 2.10. The Balaban J connectivity index is 2.08. The molecule has 1 aromatic carbocycles. The molecule has 0 aliphatic heterocycles. The molecule has 0 unspecified atom stereocenters. The molecule has 0 heterocycles. The van der Waals surface area contributed by atoms with Crippen molar-refractivity contribution in [3.63, 3.8) is 0 Å². The molecule has 0 atom stereocenters. The highest BCUT2D eigenvalue weighted by Gasteiger charge is 1.99. The van der Waals surface area contributed by atoms with E-state index in [0.717, 1.165) is 29.6 Å². The second kappa shape index (κ2) is 12.2. The summed E-state index contributed by atoms with van der Waals surface area (Å²) in [7, 11) is 6.06. The Morgan fingerprint density at radius 1 is 1.09 bits per heavy atom. The van der Waals surface area contributed by atoms with Crippen molar-refractivity contribution in [3.8, 4) is 0 Å². The van der Waals surface area contributed by atoms with Gasteiger partial charge in [0.05, 0.1) is 0 Å². The van der Waals surface area contributed by atoms with Crippen LogP contribution >= 0.6 is 11.6 Å². The smallest absolute Gasteiger partial charge is 0.191 e. The lowest BCUT2D eigenvalue weighted by Gasteiger charge is -2.12. The van der Waals surface area contributed by atoms with Crippen molar-refractivity contribution in [1.82, 2.24) is 15.5 Å². The minimum absolute atomic E-state index is 0.727. The molecule has 0 fully saturated rings. The molecular formula is C18H31ClN4. The maximum atomic E-state index is 5.99. The summed E-state index contributed by atoms with van der Waals surface area (Å²) in [6.07, 6.45) is 6.37. The third kappa shape index (κ3) is 10.2. The van der Waals surface area contributed by atoms with Crippen molar-refractivity contribution < 1.29 is 0 Å². The summed E-state index contributed by atoms with van der Waals surface area (Å²) < 4.78 is 0. The Hall–Kier alpha value is -1.26. The Bertz CT molecular complexity index is 460. The monoisotopic (exact) mass is 338 g/mol. The molecule has 130 valence electrons. The number of guanidine groups is 1. The van der Waals surface area contributed by atoms with Crippen molar-refractivity contribution in [1.29, 1.82) is 0 Å². The third-order valence-corrected chi connectivity index (χ3v) is 3.88. The summed E-state index contributed by atoms with van der Waals surface area (Å²) in [5.41, 5.74) is 1.15. The van der Waals surface area contributed by atoms with Crippen LogP contribution in [0.1, 0.15) is 37.7 Å². The fourth-order valence-electron chi connectivity index (χ4n) is 2.34. The molecule has 0 aliphatic carbocycles. The molecule has 0 radical (unpaired) electrons. The van der Waals surface area contributed by atoms with E-state index in [2.05, 4.69) is 40.7 Å². The van der Waals surface area contributed by atoms with Crippen LogP contribution in [0, 0.1) is 0 Å². The lowest BCUT2D eigenvalue weighted by molar-refractivity contribution is 0.389. The van der Waals surface area contributed by atoms with Gasteiger partial charge in [-0.15, -0.1) is 0 Å². The molecule has 0 bridgehead atoms. The van der Waals surface area contributed by atoms with E-state index in [4.69, 9.17) is 11.6 Å². The van der Waals surface area contributed by atoms with E-state index < -0.39 is 0 Å². The molecule has 0 aromatic heterocycles. The van der Waals surface area contributed by atoms with Gasteiger partial charge < -0.3 is 15.5 Å². The number of benzene rings is 1. The molecule has 23 heavy (non-hydrogen) atoms. The Kier molecular flexibility index (Phi) is 10.5. The highest BCUT2D eigenvalue weighted by molar-refractivity contribution is 6.30. The molecule has 0 aliphatic rings. The standard InChI is InChI=1S/C18H31ClN4/c1-20-18(22-15-16-10-9-11-17(19)14-16)21-12-7-5-4-6-8-13-23(2)3/h9-11,14H,4-8,12-13,15H2,1-3H3,(H2,20,21,22). The quantitative estimate of drug-likeness (QED) is 0.389. The fraction of sp³-hybridized carbons (Fsp3) is 0.611. The first-order valence-electron chi connectivity index (χ1n) is 8.45. The molecular weight excluding hydrogens is 308 g/mol. The SMILES string of the molecule is CN=C(NCCCCCCCN(C)C)NCc1cccc(Cl)c1. The topological polar surface area (TPSA) is 39.7 Å². The van der Waals surface area contributed by atoms with Gasteiger partial charge in [0, 0.05) is 25.2 Å². The summed E-state index contributed by atoms with van der Waals surface area (Å²) in [5, 5.41) is 7.44. The number of rotatable bonds is 10. The Labute approximate surface area is 146 Å². The van der Waals surface area contributed by atoms with Crippen molar-refractivity contribution >= 4 is 17.6 Å². The molecule has 4 nitrogen and oxygen atoms in total. The van der Waals surface area contributed by atoms with Crippen LogP contribution in [0.2, 0.25) is 5.02 Å². The number of unbranched alkanes of at least 4 members (excludes halogenated alkanes) is 4. The van der Waals surface area contributed by atoms with Crippen LogP contribution in [-0.4, -0.2) is 45.1 Å². The number of nitrogens with zero attached hydrogens (tertiary/aromatic N) is 2. The lowest BCUT2D eigenvalue weighted by atomic mass is 10.1. The fourth-order valence-corrected chi connectivity index (χ4v) is 2.56. The van der Waals surface area contributed by atoms with Crippen molar-refractivity contribution in [2.24, 2.45) is 4.99 Å². The van der Waals surface area contributed by atoms with Crippen LogP contribution in [0.3, 0.4) is 0 Å². The Morgan fingerprint density at radius 2 is 1.83 bits per heavy atom. The molecule has 0 saturated heterocycles. The van der Waals surface area contributed by atoms with Crippen LogP contribution in [0.25, 0.3) is 0 Å². The summed E-state index contributed by atoms with van der Waals surface area (Å²) in [5.74, 6) is 0.845. The molecule has 0 spiro atoms. The van der Waals surface area contributed by atoms with Crippen molar-refractivity contribution in [3.05, 3.63) is 34.9 Å². The van der Waals surface area contributed by atoms with Gasteiger partial charge in [0.1, 0.15) is 0 Å². The van der Waals surface area contributed by atoms with Gasteiger partial charge in [-0.1, -0.05) is 43.0 Å². The molecule has 2 N–H and O–H groups in total. The first-order chi connectivity index (χ1) is 11.1. The van der Waals surface area contributed by atoms with Gasteiger partial charge in [0.25, 0.3) is 0 Å². The van der Waals surface area contributed by atoms with Gasteiger partial charge in [-0.3, -0.25) is 4.99 Å². The van der Waals surface area contributed by atoms with Gasteiger partial charge in [-0.2, -0.15) is 0 Å². The summed E-state index contributed by atoms with van der Waals surface area (Å²) in [6, 6.07) is 7.87. The van der Waals surface area contributed by atoms with Crippen LogP contribution in [0.4, 0.5) is 0 Å². The van der Waals surface area contributed by atoms with Crippen molar-refractivity contribution in [2.75, 3.05) is 34.2 Å². The van der Waals surface area contributed by atoms with E-state index in [0.29, 0.717) is 0 Å². The maximum Gasteiger partial charge on any atom is 0.191 e. The number of nitrogens with one attached hydrogen (secondary N) is 2. The number of halogens is 1. The van der Waals surface area contributed by atoms with Gasteiger partial charge in [-0.05, 0) is 51.2 Å². The molecule has 1 aromatic rings. The summed E-state index contributed by atoms with van der Waals surface area (Å²) in [6.45, 7) is 2.88. The number of hydrogen-bond donors (Lipinski definition) is 2. The largest absolute Gasteiger partial charge is 0.356 e. The van der Waals surface area contributed by atoms with E-state index in [9.17, 15) is 0 Å². The molecule has 1 rings (SSSR count). The van der Waals surface area contributed by atoms with E-state index in [1.807, 2.05) is 18.2 Å².